The number of aromatic nitrogens is 2. The Morgan fingerprint density at radius 1 is 1.15 bits per heavy atom. The second kappa shape index (κ2) is 16.2. The lowest BCUT2D eigenvalue weighted by Crippen LogP contribution is -2.58. The number of ether oxygens (including phenoxy) is 2. The van der Waals surface area contributed by atoms with E-state index in [0.717, 1.165) is 9.21 Å². The van der Waals surface area contributed by atoms with Gasteiger partial charge in [-0.15, -0.1) is 6.58 Å². The lowest BCUT2D eigenvalue weighted by atomic mass is 9.77. The molecule has 316 valence electrons. The Labute approximate surface area is 344 Å². The summed E-state index contributed by atoms with van der Waals surface area (Å²) >= 11 is -2.63. The van der Waals surface area contributed by atoms with Crippen molar-refractivity contribution in [1.29, 1.82) is 0 Å². The first-order valence-corrected chi connectivity index (χ1v) is 20.9. The Kier molecular flexibility index (Phi) is 11.6. The van der Waals surface area contributed by atoms with E-state index >= 15 is 0 Å². The molecule has 2 aliphatic heterocycles. The first-order chi connectivity index (χ1) is 27.9. The summed E-state index contributed by atoms with van der Waals surface area (Å²) in [5.41, 5.74) is -0.775. The van der Waals surface area contributed by atoms with Crippen LogP contribution in [0.15, 0.2) is 61.3 Å². The lowest BCUT2D eigenvalue weighted by Gasteiger charge is -2.37. The number of nitrogens with zero attached hydrogens (tertiary/aromatic N) is 5. The van der Waals surface area contributed by atoms with Crippen LogP contribution in [0, 0.1) is 17.3 Å². The fourth-order valence-corrected chi connectivity index (χ4v) is 9.01. The maximum absolute atomic E-state index is 14.9. The van der Waals surface area contributed by atoms with Crippen LogP contribution in [0.3, 0.4) is 0 Å². The van der Waals surface area contributed by atoms with E-state index in [0.29, 0.717) is 46.6 Å². The molecule has 14 nitrogen and oxygen atoms in total. The Hall–Kier alpha value is -5.03. The van der Waals surface area contributed by atoms with Crippen molar-refractivity contribution in [3.05, 3.63) is 61.3 Å². The minimum Gasteiger partial charge on any atom is -0.497 e. The number of fused-ring (bicyclic) bond motifs is 1. The molecule has 6 atom stereocenters. The van der Waals surface area contributed by atoms with Gasteiger partial charge < -0.3 is 24.6 Å². The fourth-order valence-electron chi connectivity index (χ4n) is 8.24. The molecule has 1 aromatic carbocycles. The van der Waals surface area contributed by atoms with Crippen LogP contribution in [-0.2, 0) is 30.4 Å². The summed E-state index contributed by atoms with van der Waals surface area (Å²) < 4.78 is 64.3. The predicted molar refractivity (Wildman–Crippen MR) is 214 cm³/mol. The third kappa shape index (κ3) is 8.81. The van der Waals surface area contributed by atoms with Gasteiger partial charge in [-0.25, -0.2) is 22.3 Å². The molecule has 2 saturated heterocycles. The number of carbonyl (C=O) groups excluding carboxylic acids is 4. The number of nitrogens with one attached hydrogen (secondary N) is 1. The van der Waals surface area contributed by atoms with Crippen LogP contribution in [0.2, 0.25) is 0 Å². The molecule has 2 saturated carbocycles. The minimum absolute atomic E-state index is 0.0269. The number of rotatable bonds is 13. The summed E-state index contributed by atoms with van der Waals surface area (Å²) in [6.45, 7) is 8.46. The molecule has 4 aliphatic rings. The van der Waals surface area contributed by atoms with E-state index in [-0.39, 0.29) is 45.2 Å². The Bertz CT molecular complexity index is 2170. The monoisotopic (exact) mass is 836 g/mol. The van der Waals surface area contributed by atoms with Crippen molar-refractivity contribution >= 4 is 45.8 Å². The molecule has 17 heteroatoms. The number of halogens is 2. The summed E-state index contributed by atoms with van der Waals surface area (Å²) in [6, 6.07) is 10.8. The smallest absolute Gasteiger partial charge is 0.265 e. The van der Waals surface area contributed by atoms with Crippen LogP contribution < -0.4 is 14.8 Å². The maximum atomic E-state index is 14.9. The van der Waals surface area contributed by atoms with Gasteiger partial charge >= 0.3 is 0 Å². The van der Waals surface area contributed by atoms with Crippen molar-refractivity contribution in [3.63, 3.8) is 0 Å². The predicted octanol–water partition coefficient (Wildman–Crippen LogP) is 5.15. The van der Waals surface area contributed by atoms with Gasteiger partial charge in [-0.2, -0.15) is 0 Å². The van der Waals surface area contributed by atoms with Crippen molar-refractivity contribution in [3.8, 4) is 22.9 Å². The highest BCUT2D eigenvalue weighted by Gasteiger charge is 2.64. The average Bonchev–Trinajstić information content (AvgIpc) is 4.12. The van der Waals surface area contributed by atoms with E-state index in [9.17, 15) is 36.7 Å². The molecule has 2 unspecified atom stereocenters. The van der Waals surface area contributed by atoms with Crippen molar-refractivity contribution in [1.82, 2.24) is 29.4 Å². The third-order valence-electron chi connectivity index (χ3n) is 11.8. The number of amides is 4. The van der Waals surface area contributed by atoms with Gasteiger partial charge in [0.1, 0.15) is 29.2 Å². The molecule has 7 rings (SSSR count). The summed E-state index contributed by atoms with van der Waals surface area (Å²) in [5, 5.41) is 3.49. The maximum Gasteiger partial charge on any atom is 0.265 e. The number of likely N-dealkylation sites (tertiary alicyclic amines) is 2. The molecule has 0 spiro atoms. The van der Waals surface area contributed by atoms with Gasteiger partial charge in [0.25, 0.3) is 23.1 Å². The Balaban J connectivity index is 1.22. The normalized spacial score (nSPS) is 24.8. The number of pyridine rings is 2. The largest absolute Gasteiger partial charge is 0.497 e. The van der Waals surface area contributed by atoms with E-state index in [1.54, 1.807) is 70.5 Å². The van der Waals surface area contributed by atoms with E-state index < -0.39 is 88.3 Å². The highest BCUT2D eigenvalue weighted by atomic mass is 32.2. The first kappa shape index (κ1) is 42.1. The van der Waals surface area contributed by atoms with Gasteiger partial charge in [0.15, 0.2) is 0 Å². The van der Waals surface area contributed by atoms with E-state index in [1.807, 2.05) is 6.07 Å². The zero-order chi connectivity index (χ0) is 42.4. The zero-order valence-electron chi connectivity index (χ0n) is 33.6. The second-order valence-corrected chi connectivity index (χ2v) is 17.9. The first-order valence-electron chi connectivity index (χ1n) is 19.9. The second-order valence-electron chi connectivity index (χ2n) is 17.1. The number of benzene rings is 1. The summed E-state index contributed by atoms with van der Waals surface area (Å²) in [6.07, 6.45) is 3.03. The van der Waals surface area contributed by atoms with Crippen molar-refractivity contribution in [2.75, 3.05) is 26.7 Å². The lowest BCUT2D eigenvalue weighted by molar-refractivity contribution is -0.151. The van der Waals surface area contributed by atoms with E-state index in [4.69, 9.17) is 14.5 Å². The number of hydrogen-bond donors (Lipinski definition) is 2. The number of carbonyl (C=O) groups is 4. The molecule has 59 heavy (non-hydrogen) atoms. The number of alkyl halides is 2. The molecule has 0 radical (unpaired) electrons. The Morgan fingerprint density at radius 3 is 2.53 bits per heavy atom. The average molecular weight is 837 g/mol. The van der Waals surface area contributed by atoms with Crippen molar-refractivity contribution < 1.29 is 46.2 Å². The van der Waals surface area contributed by atoms with Crippen LogP contribution in [0.25, 0.3) is 22.3 Å². The molecule has 4 fully saturated rings. The standard InChI is InChI=1S/C42H50F2N6O8S/c1-6-25-22-42(25,39(54)50(59(55)56)26-11-12-26)47-37(52)34-19-28(23-49(34)38(53)30(40(2,3)4)20-36(51)48-17-9-15-41(43,44)24-48)58-35-21-33(31-10-7-8-16-45-31)46-32-18-27(57-5)13-14-29(32)35/h6-8,10,13-14,16,18,21,25-26,28,30,34H,1,9,11-12,15,17,19-20,22-24H2,2-5H3,(H,47,52)(H,55,56)/t25?,28-,30-,34+,42-/m1/s1. The van der Waals surface area contributed by atoms with Crippen LogP contribution in [0.4, 0.5) is 8.78 Å². The van der Waals surface area contributed by atoms with Gasteiger partial charge in [0.2, 0.25) is 17.7 Å². The van der Waals surface area contributed by atoms with Gasteiger partial charge in [-0.05, 0) is 55.4 Å². The molecule has 4 heterocycles. The quantitative estimate of drug-likeness (QED) is 0.173. The third-order valence-corrected chi connectivity index (χ3v) is 12.6. The summed E-state index contributed by atoms with van der Waals surface area (Å²) in [7, 11) is 1.54. The van der Waals surface area contributed by atoms with Crippen LogP contribution in [0.5, 0.6) is 11.5 Å². The molecule has 2 aromatic heterocycles. The topological polar surface area (TPSA) is 172 Å². The zero-order valence-corrected chi connectivity index (χ0v) is 34.4. The Morgan fingerprint density at radius 2 is 1.92 bits per heavy atom. The number of hydrogen-bond acceptors (Lipinski definition) is 9. The molecule has 3 aromatic rings. The molecule has 2 N–H and O–H groups in total. The number of piperidine rings is 1. The van der Waals surface area contributed by atoms with Crippen LogP contribution in [-0.4, -0.2) is 113 Å². The number of methoxy groups -OCH3 is 1. The van der Waals surface area contributed by atoms with Gasteiger partial charge in [0.05, 0.1) is 43.0 Å². The molecule has 2 aliphatic carbocycles. The van der Waals surface area contributed by atoms with E-state index in [2.05, 4.69) is 16.9 Å². The highest BCUT2D eigenvalue weighted by molar-refractivity contribution is 7.77. The van der Waals surface area contributed by atoms with Crippen molar-refractivity contribution in [2.45, 2.75) is 95.4 Å². The van der Waals surface area contributed by atoms with E-state index in [1.165, 1.54) is 11.0 Å². The molecular formula is C42H50F2N6O8S. The molecular weight excluding hydrogens is 787 g/mol. The van der Waals surface area contributed by atoms with Crippen molar-refractivity contribution in [2.24, 2.45) is 17.3 Å². The van der Waals surface area contributed by atoms with Gasteiger partial charge in [-0.3, -0.25) is 28.7 Å². The van der Waals surface area contributed by atoms with Crippen LogP contribution in [0.1, 0.15) is 65.7 Å². The molecule has 0 bridgehead atoms. The minimum atomic E-state index is -3.03. The summed E-state index contributed by atoms with van der Waals surface area (Å²) in [5.74, 6) is -6.16. The summed E-state index contributed by atoms with van der Waals surface area (Å²) in [4.78, 5) is 68.8. The highest BCUT2D eigenvalue weighted by Crippen LogP contribution is 2.48. The van der Waals surface area contributed by atoms with Gasteiger partial charge in [-0.1, -0.05) is 32.9 Å². The fraction of sp³-hybridized carbons (Fsp3) is 0.524. The van der Waals surface area contributed by atoms with Crippen LogP contribution >= 0.6 is 0 Å². The SMILES string of the molecule is C=CC1C[C@]1(NC(=O)[C@@H]1C[C@@H](Oc2cc(-c3ccccn3)nc3cc(OC)ccc23)CN1C(=O)[C@@H](CC(=O)N1CCCC(F)(F)C1)C(C)(C)C)C(=O)N(C1CC1)S(=O)O. The van der Waals surface area contributed by atoms with Gasteiger partial charge in [0, 0.05) is 61.5 Å². The molecule has 4 amide bonds.